The number of benzene rings is 2. The molecule has 114 valence electrons. The van der Waals surface area contributed by atoms with Crippen LogP contribution in [0.2, 0.25) is 0 Å². The Balaban J connectivity index is 1.82. The topological polar surface area (TPSA) is 33.6 Å². The molecule has 3 heteroatoms. The van der Waals surface area contributed by atoms with Crippen LogP contribution in [0, 0.1) is 6.92 Å². The molecule has 0 aromatic heterocycles. The van der Waals surface area contributed by atoms with E-state index in [1.165, 1.54) is 11.1 Å². The van der Waals surface area contributed by atoms with Gasteiger partial charge in [-0.25, -0.2) is 0 Å². The van der Waals surface area contributed by atoms with Crippen molar-refractivity contribution in [1.29, 1.82) is 0 Å². The van der Waals surface area contributed by atoms with Gasteiger partial charge in [0.1, 0.15) is 17.3 Å². The Morgan fingerprint density at radius 3 is 2.50 bits per heavy atom. The highest BCUT2D eigenvalue weighted by Crippen LogP contribution is 2.31. The molecule has 0 saturated carbocycles. The number of amidine groups is 1. The van der Waals surface area contributed by atoms with E-state index in [0.29, 0.717) is 5.92 Å². The largest absolute Gasteiger partial charge is 0.457 e. The van der Waals surface area contributed by atoms with Gasteiger partial charge >= 0.3 is 0 Å². The summed E-state index contributed by atoms with van der Waals surface area (Å²) in [6.07, 6.45) is 0. The van der Waals surface area contributed by atoms with Crippen molar-refractivity contribution in [2.24, 2.45) is 4.99 Å². The van der Waals surface area contributed by atoms with Crippen LogP contribution in [0.25, 0.3) is 0 Å². The molecule has 0 fully saturated rings. The average Bonchev–Trinajstić information content (AvgIpc) is 3.02. The summed E-state index contributed by atoms with van der Waals surface area (Å²) in [4.78, 5) is 4.43. The molecule has 1 aliphatic rings. The van der Waals surface area contributed by atoms with Crippen LogP contribution >= 0.6 is 0 Å². The lowest BCUT2D eigenvalue weighted by molar-refractivity contribution is 0.472. The van der Waals surface area contributed by atoms with Gasteiger partial charge in [0.25, 0.3) is 0 Å². The van der Waals surface area contributed by atoms with Gasteiger partial charge in [-0.1, -0.05) is 26.0 Å². The number of nitrogens with one attached hydrogen (secondary N) is 1. The van der Waals surface area contributed by atoms with Crippen molar-refractivity contribution in [3.8, 4) is 11.5 Å². The van der Waals surface area contributed by atoms with Crippen LogP contribution in [0.3, 0.4) is 0 Å². The molecule has 2 aromatic rings. The monoisotopic (exact) mass is 294 g/mol. The van der Waals surface area contributed by atoms with Gasteiger partial charge in [0.15, 0.2) is 0 Å². The van der Waals surface area contributed by atoms with Gasteiger partial charge in [0, 0.05) is 12.1 Å². The molecule has 0 amide bonds. The van der Waals surface area contributed by atoms with E-state index in [1.807, 2.05) is 12.1 Å². The first kappa shape index (κ1) is 14.6. The zero-order valence-corrected chi connectivity index (χ0v) is 13.4. The maximum atomic E-state index is 6.11. The maximum Gasteiger partial charge on any atom is 0.131 e. The van der Waals surface area contributed by atoms with Gasteiger partial charge in [0.2, 0.25) is 0 Å². The van der Waals surface area contributed by atoms with E-state index in [4.69, 9.17) is 4.74 Å². The first-order chi connectivity index (χ1) is 10.6. The normalized spacial score (nSPS) is 13.9. The summed E-state index contributed by atoms with van der Waals surface area (Å²) in [7, 11) is 0. The van der Waals surface area contributed by atoms with Crippen LogP contribution in [0.4, 0.5) is 0 Å². The molecule has 1 N–H and O–H groups in total. The number of rotatable bonds is 4. The van der Waals surface area contributed by atoms with Crippen molar-refractivity contribution in [3.63, 3.8) is 0 Å². The highest BCUT2D eigenvalue weighted by atomic mass is 16.5. The Labute approximate surface area is 132 Å². The summed E-state index contributed by atoms with van der Waals surface area (Å²) < 4.78 is 6.11. The number of aryl methyl sites for hydroxylation is 1. The molecule has 3 nitrogen and oxygen atoms in total. The van der Waals surface area contributed by atoms with E-state index in [2.05, 4.69) is 61.4 Å². The van der Waals surface area contributed by atoms with Crippen molar-refractivity contribution in [2.45, 2.75) is 26.7 Å². The maximum absolute atomic E-state index is 6.11. The van der Waals surface area contributed by atoms with Crippen molar-refractivity contribution < 1.29 is 4.74 Å². The molecule has 1 aliphatic heterocycles. The van der Waals surface area contributed by atoms with Crippen LogP contribution in [-0.2, 0) is 0 Å². The van der Waals surface area contributed by atoms with Crippen molar-refractivity contribution in [2.75, 3.05) is 13.1 Å². The predicted octanol–water partition coefficient (Wildman–Crippen LogP) is 4.26. The van der Waals surface area contributed by atoms with Crippen molar-refractivity contribution >= 4 is 5.84 Å². The van der Waals surface area contributed by atoms with E-state index in [1.54, 1.807) is 0 Å². The fraction of sp³-hybridized carbons (Fsp3) is 0.316. The van der Waals surface area contributed by atoms with E-state index in [0.717, 1.165) is 36.0 Å². The molecule has 0 saturated heterocycles. The van der Waals surface area contributed by atoms with Crippen LogP contribution in [-0.4, -0.2) is 18.9 Å². The number of ether oxygens (including phenoxy) is 1. The summed E-state index contributed by atoms with van der Waals surface area (Å²) in [6.45, 7) is 8.24. The first-order valence-corrected chi connectivity index (χ1v) is 7.80. The van der Waals surface area contributed by atoms with E-state index in [9.17, 15) is 0 Å². The molecular weight excluding hydrogens is 272 g/mol. The molecule has 1 heterocycles. The standard InChI is InChI=1S/C19H22N2O/c1-13(2)17-9-4-14(3)12-18(17)22-16-7-5-15(6-8-16)19-20-10-11-21-19/h4-9,12-13H,10-11H2,1-3H3,(H,20,21). The third kappa shape index (κ3) is 3.14. The van der Waals surface area contributed by atoms with Crippen LogP contribution in [0.5, 0.6) is 11.5 Å². The molecular formula is C19H22N2O. The summed E-state index contributed by atoms with van der Waals surface area (Å²) in [6, 6.07) is 14.5. The molecule has 0 aliphatic carbocycles. The van der Waals surface area contributed by atoms with Crippen molar-refractivity contribution in [1.82, 2.24) is 5.32 Å². The molecule has 0 radical (unpaired) electrons. The predicted molar refractivity (Wildman–Crippen MR) is 91.2 cm³/mol. The van der Waals surface area contributed by atoms with E-state index in [-0.39, 0.29) is 0 Å². The third-order valence-electron chi connectivity index (χ3n) is 3.82. The molecule has 3 rings (SSSR count). The summed E-state index contributed by atoms with van der Waals surface area (Å²) >= 11 is 0. The number of aliphatic imine (C=N–C) groups is 1. The minimum atomic E-state index is 0.437. The minimum absolute atomic E-state index is 0.437. The molecule has 0 atom stereocenters. The SMILES string of the molecule is Cc1ccc(C(C)C)c(Oc2ccc(C3=NCCN3)cc2)c1. The van der Waals surface area contributed by atoms with Crippen LogP contribution < -0.4 is 10.1 Å². The first-order valence-electron chi connectivity index (χ1n) is 7.80. The molecule has 0 spiro atoms. The number of nitrogens with zero attached hydrogens (tertiary/aromatic N) is 1. The summed E-state index contributed by atoms with van der Waals surface area (Å²) in [5.74, 6) is 3.21. The summed E-state index contributed by atoms with van der Waals surface area (Å²) in [5, 5.41) is 3.28. The van der Waals surface area contributed by atoms with E-state index >= 15 is 0 Å². The lowest BCUT2D eigenvalue weighted by Crippen LogP contribution is -2.19. The third-order valence-corrected chi connectivity index (χ3v) is 3.82. The van der Waals surface area contributed by atoms with Crippen LogP contribution in [0.15, 0.2) is 47.5 Å². The Morgan fingerprint density at radius 1 is 1.09 bits per heavy atom. The molecule has 2 aromatic carbocycles. The Morgan fingerprint density at radius 2 is 1.86 bits per heavy atom. The summed E-state index contributed by atoms with van der Waals surface area (Å²) in [5.41, 5.74) is 3.55. The zero-order chi connectivity index (χ0) is 15.5. The van der Waals surface area contributed by atoms with Crippen LogP contribution in [0.1, 0.15) is 36.5 Å². The number of hydrogen-bond acceptors (Lipinski definition) is 3. The average molecular weight is 294 g/mol. The second kappa shape index (κ2) is 6.22. The second-order valence-electron chi connectivity index (χ2n) is 5.98. The Hall–Kier alpha value is -2.29. The molecule has 22 heavy (non-hydrogen) atoms. The lowest BCUT2D eigenvalue weighted by Gasteiger charge is -2.15. The van der Waals surface area contributed by atoms with Crippen molar-refractivity contribution in [3.05, 3.63) is 59.2 Å². The Kier molecular flexibility index (Phi) is 4.14. The highest BCUT2D eigenvalue weighted by Gasteiger charge is 2.11. The fourth-order valence-corrected chi connectivity index (χ4v) is 2.61. The molecule has 0 unspecified atom stereocenters. The van der Waals surface area contributed by atoms with Gasteiger partial charge < -0.3 is 10.1 Å². The van der Waals surface area contributed by atoms with E-state index < -0.39 is 0 Å². The Bertz CT molecular complexity index is 687. The zero-order valence-electron chi connectivity index (χ0n) is 13.4. The second-order valence-corrected chi connectivity index (χ2v) is 5.98. The smallest absolute Gasteiger partial charge is 0.131 e. The van der Waals surface area contributed by atoms with Gasteiger partial charge in [-0.15, -0.1) is 0 Å². The number of hydrogen-bond donors (Lipinski definition) is 1. The quantitative estimate of drug-likeness (QED) is 0.914. The van der Waals surface area contributed by atoms with Gasteiger partial charge in [-0.2, -0.15) is 0 Å². The lowest BCUT2D eigenvalue weighted by atomic mass is 10.0. The highest BCUT2D eigenvalue weighted by molar-refractivity contribution is 5.99. The fourth-order valence-electron chi connectivity index (χ4n) is 2.61. The minimum Gasteiger partial charge on any atom is -0.457 e. The van der Waals surface area contributed by atoms with Gasteiger partial charge in [-0.3, -0.25) is 4.99 Å². The van der Waals surface area contributed by atoms with Gasteiger partial charge in [-0.05, 0) is 54.3 Å². The molecule has 0 bridgehead atoms. The van der Waals surface area contributed by atoms with Gasteiger partial charge in [0.05, 0.1) is 6.54 Å².